The third kappa shape index (κ3) is 4.21. The zero-order valence-corrected chi connectivity index (χ0v) is 17.6. The number of halogens is 5. The topological polar surface area (TPSA) is 79.5 Å². The number of alkyl halides is 3. The van der Waals surface area contributed by atoms with Crippen molar-refractivity contribution in [3.8, 4) is 17.0 Å². The number of rotatable bonds is 3. The first kappa shape index (κ1) is 21.1. The zero-order valence-electron chi connectivity index (χ0n) is 15.3. The zero-order chi connectivity index (χ0) is 22.3. The summed E-state index contributed by atoms with van der Waals surface area (Å²) in [6.45, 7) is 0. The number of hydrogen-bond acceptors (Lipinski definition) is 4. The fourth-order valence-electron chi connectivity index (χ4n) is 2.88. The van der Waals surface area contributed by atoms with Gasteiger partial charge in [0.15, 0.2) is 17.0 Å². The Morgan fingerprint density at radius 1 is 1.13 bits per heavy atom. The molecule has 2 aromatic heterocycles. The molecule has 0 aliphatic rings. The number of nitrogens with one attached hydrogen (secondary N) is 1. The van der Waals surface area contributed by atoms with Gasteiger partial charge in [-0.1, -0.05) is 45.7 Å². The molecule has 2 N–H and O–H groups in total. The number of carbonyl (C=O) groups is 1. The summed E-state index contributed by atoms with van der Waals surface area (Å²) in [4.78, 5) is 16.8. The molecule has 0 bridgehead atoms. The summed E-state index contributed by atoms with van der Waals surface area (Å²) >= 11 is 9.50. The van der Waals surface area contributed by atoms with Crippen LogP contribution in [0.2, 0.25) is 5.02 Å². The molecule has 0 fully saturated rings. The number of carbonyl (C=O) groups excluding carboxylic acids is 1. The summed E-state index contributed by atoms with van der Waals surface area (Å²) in [6.07, 6.45) is -4.78. The second-order valence-electron chi connectivity index (χ2n) is 6.43. The van der Waals surface area contributed by atoms with Gasteiger partial charge in [0.25, 0.3) is 5.91 Å². The number of aromatic nitrogens is 3. The van der Waals surface area contributed by atoms with E-state index in [0.717, 1.165) is 10.5 Å². The predicted octanol–water partition coefficient (Wildman–Crippen LogP) is 5.79. The SMILES string of the molecule is O=C(Nc1cccc(O)c1)c1nn2c(C(F)(F)F)cc(-c3ccc(Br)cc3)nc2c1Cl. The fourth-order valence-corrected chi connectivity index (χ4v) is 3.39. The fraction of sp³-hybridized carbons (Fsp3) is 0.0500. The number of aromatic hydroxyl groups is 1. The molecule has 0 unspecified atom stereocenters. The maximum absolute atomic E-state index is 13.7. The molecule has 0 aliphatic carbocycles. The molecule has 2 aromatic carbocycles. The lowest BCUT2D eigenvalue weighted by Crippen LogP contribution is -2.15. The van der Waals surface area contributed by atoms with Crippen LogP contribution in [-0.2, 0) is 6.18 Å². The molecule has 158 valence electrons. The largest absolute Gasteiger partial charge is 0.508 e. The molecule has 2 heterocycles. The molecular formula is C20H11BrClF3N4O2. The maximum Gasteiger partial charge on any atom is 0.433 e. The average Bonchev–Trinajstić information content (AvgIpc) is 3.04. The number of anilines is 1. The molecule has 4 aromatic rings. The van der Waals surface area contributed by atoms with Gasteiger partial charge in [-0.25, -0.2) is 9.50 Å². The highest BCUT2D eigenvalue weighted by Crippen LogP contribution is 2.35. The second kappa shape index (κ2) is 7.86. The molecular weight excluding hydrogens is 501 g/mol. The number of hydrogen-bond donors (Lipinski definition) is 2. The first-order chi connectivity index (χ1) is 14.6. The third-order valence-electron chi connectivity index (χ3n) is 4.28. The highest BCUT2D eigenvalue weighted by atomic mass is 79.9. The van der Waals surface area contributed by atoms with E-state index >= 15 is 0 Å². The second-order valence-corrected chi connectivity index (χ2v) is 7.73. The summed E-state index contributed by atoms with van der Waals surface area (Å²) in [6, 6.07) is 13.0. The van der Waals surface area contributed by atoms with Gasteiger partial charge in [0.2, 0.25) is 0 Å². The van der Waals surface area contributed by atoms with Gasteiger partial charge in [0.1, 0.15) is 10.8 Å². The van der Waals surface area contributed by atoms with E-state index in [0.29, 0.717) is 10.1 Å². The number of phenols is 1. The maximum atomic E-state index is 13.7. The lowest BCUT2D eigenvalue weighted by atomic mass is 10.1. The van der Waals surface area contributed by atoms with Crippen molar-refractivity contribution in [1.82, 2.24) is 14.6 Å². The molecule has 11 heteroatoms. The molecule has 31 heavy (non-hydrogen) atoms. The standard InChI is InChI=1S/C20H11BrClF3N4O2/c21-11-6-4-10(5-7-11)14-9-15(20(23,24)25)29-18(27-14)16(22)17(28-29)19(31)26-12-2-1-3-13(30)8-12/h1-9,30H,(H,26,31). The van der Waals surface area contributed by atoms with Crippen molar-refractivity contribution in [2.75, 3.05) is 5.32 Å². The third-order valence-corrected chi connectivity index (χ3v) is 5.16. The van der Waals surface area contributed by atoms with Crippen molar-refractivity contribution in [3.63, 3.8) is 0 Å². The first-order valence-electron chi connectivity index (χ1n) is 8.66. The average molecular weight is 512 g/mol. The van der Waals surface area contributed by atoms with Gasteiger partial charge in [0, 0.05) is 21.8 Å². The van der Waals surface area contributed by atoms with Crippen LogP contribution in [-0.4, -0.2) is 25.6 Å². The Hall–Kier alpha value is -3.11. The summed E-state index contributed by atoms with van der Waals surface area (Å²) < 4.78 is 42.5. The lowest BCUT2D eigenvalue weighted by Gasteiger charge is -2.11. The van der Waals surface area contributed by atoms with Crippen LogP contribution in [0.1, 0.15) is 16.2 Å². The smallest absolute Gasteiger partial charge is 0.433 e. The summed E-state index contributed by atoms with van der Waals surface area (Å²) in [5.41, 5.74) is -1.20. The molecule has 1 amide bonds. The number of benzene rings is 2. The Bertz CT molecular complexity index is 1310. The normalized spacial score (nSPS) is 11.6. The number of amides is 1. The van der Waals surface area contributed by atoms with E-state index in [1.165, 1.54) is 24.3 Å². The molecule has 6 nitrogen and oxygen atoms in total. The van der Waals surface area contributed by atoms with Crippen LogP contribution in [0.25, 0.3) is 16.9 Å². The van der Waals surface area contributed by atoms with Crippen LogP contribution in [0, 0.1) is 0 Å². The van der Waals surface area contributed by atoms with Gasteiger partial charge in [-0.05, 0) is 30.3 Å². The quantitative estimate of drug-likeness (QED) is 0.365. The monoisotopic (exact) mass is 510 g/mol. The molecule has 4 rings (SSSR count). The summed E-state index contributed by atoms with van der Waals surface area (Å²) in [7, 11) is 0. The van der Waals surface area contributed by atoms with E-state index in [1.54, 1.807) is 24.3 Å². The number of fused-ring (bicyclic) bond motifs is 1. The Kier molecular flexibility index (Phi) is 5.36. The van der Waals surface area contributed by atoms with Crippen molar-refractivity contribution in [2.45, 2.75) is 6.18 Å². The van der Waals surface area contributed by atoms with E-state index in [-0.39, 0.29) is 27.8 Å². The van der Waals surface area contributed by atoms with Crippen molar-refractivity contribution >= 4 is 44.8 Å². The van der Waals surface area contributed by atoms with Crippen LogP contribution in [0.15, 0.2) is 59.1 Å². The summed E-state index contributed by atoms with van der Waals surface area (Å²) in [5.74, 6) is -0.946. The highest BCUT2D eigenvalue weighted by molar-refractivity contribution is 9.10. The van der Waals surface area contributed by atoms with E-state index < -0.39 is 23.5 Å². The molecule has 0 radical (unpaired) electrons. The van der Waals surface area contributed by atoms with Gasteiger partial charge in [-0.2, -0.15) is 18.3 Å². The molecule has 0 saturated carbocycles. The Morgan fingerprint density at radius 2 is 1.84 bits per heavy atom. The van der Waals surface area contributed by atoms with Gasteiger partial charge in [-0.3, -0.25) is 4.79 Å². The van der Waals surface area contributed by atoms with Gasteiger partial charge >= 0.3 is 6.18 Å². The first-order valence-corrected chi connectivity index (χ1v) is 9.83. The predicted molar refractivity (Wildman–Crippen MR) is 112 cm³/mol. The molecule has 0 aliphatic heterocycles. The Morgan fingerprint density at radius 3 is 2.48 bits per heavy atom. The van der Waals surface area contributed by atoms with E-state index in [2.05, 4.69) is 31.3 Å². The molecule has 0 atom stereocenters. The molecule has 0 spiro atoms. The van der Waals surface area contributed by atoms with Crippen LogP contribution in [0.4, 0.5) is 18.9 Å². The van der Waals surface area contributed by atoms with E-state index in [9.17, 15) is 23.1 Å². The van der Waals surface area contributed by atoms with Crippen molar-refractivity contribution in [2.24, 2.45) is 0 Å². The minimum Gasteiger partial charge on any atom is -0.508 e. The number of nitrogens with zero attached hydrogens (tertiary/aromatic N) is 3. The van der Waals surface area contributed by atoms with Crippen LogP contribution < -0.4 is 5.32 Å². The van der Waals surface area contributed by atoms with Gasteiger partial charge < -0.3 is 10.4 Å². The van der Waals surface area contributed by atoms with Crippen LogP contribution >= 0.6 is 27.5 Å². The van der Waals surface area contributed by atoms with Gasteiger partial charge in [0.05, 0.1) is 5.69 Å². The minimum absolute atomic E-state index is 0.0223. The Balaban J connectivity index is 1.85. The lowest BCUT2D eigenvalue weighted by molar-refractivity contribution is -0.142. The van der Waals surface area contributed by atoms with Crippen molar-refractivity contribution in [1.29, 1.82) is 0 Å². The molecule has 0 saturated heterocycles. The van der Waals surface area contributed by atoms with E-state index in [1.807, 2.05) is 0 Å². The van der Waals surface area contributed by atoms with Gasteiger partial charge in [-0.15, -0.1) is 0 Å². The minimum atomic E-state index is -4.78. The van der Waals surface area contributed by atoms with Crippen molar-refractivity contribution in [3.05, 3.63) is 75.5 Å². The van der Waals surface area contributed by atoms with Crippen molar-refractivity contribution < 1.29 is 23.1 Å². The Labute approximate surface area is 186 Å². The summed E-state index contributed by atoms with van der Waals surface area (Å²) in [5, 5.41) is 15.4. The van der Waals surface area contributed by atoms with Crippen LogP contribution in [0.3, 0.4) is 0 Å². The number of phenolic OH excluding ortho intramolecular Hbond substituents is 1. The van der Waals surface area contributed by atoms with Crippen LogP contribution in [0.5, 0.6) is 5.75 Å². The highest BCUT2D eigenvalue weighted by Gasteiger charge is 2.36. The van der Waals surface area contributed by atoms with E-state index in [4.69, 9.17) is 11.6 Å².